The van der Waals surface area contributed by atoms with Gasteiger partial charge in [-0.15, -0.1) is 0 Å². The molecule has 7 rings (SSSR count). The lowest BCUT2D eigenvalue weighted by Gasteiger charge is -2.25. The number of unbranched alkanes of at least 4 members (excludes halogenated alkanes) is 2. The van der Waals surface area contributed by atoms with Crippen LogP contribution in [0.3, 0.4) is 0 Å². The molecule has 0 aromatic heterocycles. The average Bonchev–Trinajstić information content (AvgIpc) is 2.33. The number of nitrogens with one attached hydrogen (secondary N) is 4. The van der Waals surface area contributed by atoms with Crippen LogP contribution in [0.25, 0.3) is 33.4 Å². The van der Waals surface area contributed by atoms with E-state index in [0.29, 0.717) is 58.4 Å². The molecule has 0 spiro atoms. The first-order valence-electron chi connectivity index (χ1n) is 27.8. The van der Waals surface area contributed by atoms with Gasteiger partial charge >= 0.3 is 5.97 Å². The summed E-state index contributed by atoms with van der Waals surface area (Å²) >= 11 is 0. The van der Waals surface area contributed by atoms with Gasteiger partial charge in [-0.2, -0.15) is 12.7 Å². The molecule has 0 bridgehead atoms. The number of rotatable bonds is 28. The number of anilines is 2. The minimum absolute atomic E-state index is 0.00456. The number of aliphatic carboxylic acids is 1. The molecule has 2 heterocycles. The molecule has 1 aliphatic carbocycles. The fourth-order valence-electron chi connectivity index (χ4n) is 10.2. The lowest BCUT2D eigenvalue weighted by Crippen LogP contribution is -2.51. The van der Waals surface area contributed by atoms with E-state index in [1.54, 1.807) is 30.3 Å². The number of amides is 3. The summed E-state index contributed by atoms with van der Waals surface area (Å²) in [6.45, 7) is 11.0. The van der Waals surface area contributed by atoms with Crippen LogP contribution in [-0.2, 0) is 55.8 Å². The Morgan fingerprint density at radius 2 is 1.50 bits per heavy atom. The molecule has 450 valence electrons. The summed E-state index contributed by atoms with van der Waals surface area (Å²) < 4.78 is 104. The fourth-order valence-corrected chi connectivity index (χ4v) is 13.8. The first-order chi connectivity index (χ1) is 40.0. The number of guanidine groups is 1. The Labute approximate surface area is 489 Å². The van der Waals surface area contributed by atoms with Crippen LogP contribution >= 0.6 is 0 Å². The highest BCUT2D eigenvalue weighted by Crippen LogP contribution is 2.43. The van der Waals surface area contributed by atoms with E-state index < -0.39 is 81.8 Å². The number of sulfonamides is 2. The second kappa shape index (κ2) is 28.2. The van der Waals surface area contributed by atoms with Crippen molar-refractivity contribution >= 4 is 82.2 Å². The average molecular weight is 1210 g/mol. The molecule has 1 saturated heterocycles. The summed E-state index contributed by atoms with van der Waals surface area (Å²) in [7, 11) is -13.4. The van der Waals surface area contributed by atoms with Gasteiger partial charge in [0.25, 0.3) is 10.1 Å². The topological polar surface area (TPSA) is 346 Å². The fraction of sp³-hybridized carbons (Fsp3) is 0.379. The van der Waals surface area contributed by atoms with Gasteiger partial charge in [0.2, 0.25) is 43.1 Å². The Hall–Kier alpha value is -7.75. The number of carboxylic acid groups (broad SMARTS) is 1. The third-order valence-electron chi connectivity index (χ3n) is 14.6. The lowest BCUT2D eigenvalue weighted by atomic mass is 9.93. The van der Waals surface area contributed by atoms with Gasteiger partial charge in [0, 0.05) is 91.1 Å². The van der Waals surface area contributed by atoms with E-state index in [1.807, 2.05) is 64.1 Å². The Kier molecular flexibility index (Phi) is 21.4. The quantitative estimate of drug-likeness (QED) is 0.00824. The van der Waals surface area contributed by atoms with E-state index >= 15 is 0 Å². The highest BCUT2D eigenvalue weighted by molar-refractivity contribution is 7.89. The molecule has 10 N–H and O–H groups in total. The van der Waals surface area contributed by atoms with Gasteiger partial charge in [0.15, 0.2) is 5.96 Å². The van der Waals surface area contributed by atoms with Gasteiger partial charge in [-0.1, -0.05) is 42.8 Å². The summed E-state index contributed by atoms with van der Waals surface area (Å²) in [5.41, 5.74) is 14.2. The molecule has 3 amide bonds. The first kappa shape index (κ1) is 63.8. The molecule has 26 heteroatoms. The van der Waals surface area contributed by atoms with Crippen LogP contribution in [0.1, 0.15) is 78.2 Å². The van der Waals surface area contributed by atoms with Crippen molar-refractivity contribution < 1.29 is 58.5 Å². The molecular weight excluding hydrogens is 1140 g/mol. The number of benzene rings is 5. The van der Waals surface area contributed by atoms with Crippen molar-refractivity contribution in [3.8, 4) is 22.5 Å². The van der Waals surface area contributed by atoms with E-state index in [-0.39, 0.29) is 68.2 Å². The second-order valence-electron chi connectivity index (χ2n) is 20.1. The summed E-state index contributed by atoms with van der Waals surface area (Å²) in [5.74, 6) is -2.95. The molecule has 2 aliphatic heterocycles. The predicted octanol–water partition coefficient (Wildman–Crippen LogP) is 4.70. The van der Waals surface area contributed by atoms with E-state index in [4.69, 9.17) is 15.9 Å². The summed E-state index contributed by atoms with van der Waals surface area (Å²) in [5, 5.41) is 19.4. The zero-order valence-corrected chi connectivity index (χ0v) is 49.7. The van der Waals surface area contributed by atoms with Gasteiger partial charge < -0.3 is 41.8 Å². The lowest BCUT2D eigenvalue weighted by molar-refractivity contribution is -0.142. The second-order valence-corrected chi connectivity index (χ2v) is 25.2. The first-order valence-corrected chi connectivity index (χ1v) is 32.2. The van der Waals surface area contributed by atoms with Gasteiger partial charge in [-0.25, -0.2) is 30.9 Å². The molecule has 4 aromatic rings. The van der Waals surface area contributed by atoms with Crippen LogP contribution in [0.2, 0.25) is 0 Å². The summed E-state index contributed by atoms with van der Waals surface area (Å²) in [6.07, 6.45) is 1.36. The number of nitrogens with zero attached hydrogens (tertiary/aromatic N) is 4. The Balaban J connectivity index is 0.957. The molecule has 4 aromatic carbocycles. The highest BCUT2D eigenvalue weighted by atomic mass is 32.2. The maximum absolute atomic E-state index is 13.7. The smallest absolute Gasteiger partial charge is 0.326 e. The summed E-state index contributed by atoms with van der Waals surface area (Å²) in [6, 6.07) is 25.0. The van der Waals surface area contributed by atoms with Crippen molar-refractivity contribution in [2.45, 2.75) is 112 Å². The standard InChI is InChI=1S/C58H72N10O13S3/c1-5-66(6-2)40-24-27-44-50(35-40)81-51-36-41(67(7-3)8-4)25-28-45(51)54(44)46-29-26-43(37-52(46)84(78,79)80)82(74,75)62-31-14-10-13-19-53(69)64-47(30-32-61-58(59)60)55(70)63-39-22-20-38(21-23-39)34-48(57(72)73)65-56(71)49-18-15-33-68(49)83(76,77)42-16-11-9-12-17-42/h9,11-12,16-17,20-29,35-37,47-49,62H,5-8,10,13-15,18-19,30-34H2,1-4H3,(H8-,59,60,61,63,64,65,69,70,71,72,73,78,79,80)/p+1/t47-,48-,49?/m0/s1. The molecule has 84 heavy (non-hydrogen) atoms. The molecule has 0 radical (unpaired) electrons. The van der Waals surface area contributed by atoms with Crippen LogP contribution < -0.4 is 47.0 Å². The van der Waals surface area contributed by atoms with Gasteiger partial charge in [0.1, 0.15) is 47.5 Å². The third kappa shape index (κ3) is 15.7. The van der Waals surface area contributed by atoms with E-state index in [1.165, 1.54) is 36.4 Å². The number of hydrogen-bond donors (Lipinski definition) is 8. The Morgan fingerprint density at radius 1 is 0.798 bits per heavy atom. The maximum Gasteiger partial charge on any atom is 0.326 e. The molecule has 3 atom stereocenters. The van der Waals surface area contributed by atoms with Crippen LogP contribution in [0, 0.1) is 0 Å². The minimum atomic E-state index is -5.02. The van der Waals surface area contributed by atoms with Crippen LogP contribution in [-0.4, -0.2) is 133 Å². The van der Waals surface area contributed by atoms with Crippen LogP contribution in [0.5, 0.6) is 0 Å². The molecule has 1 unspecified atom stereocenters. The number of carboxylic acids is 1. The SMILES string of the molecule is CCN(CC)c1ccc2c(-c3ccc(S(=O)(=O)NCCCCCC(=O)N[C@@H](CCN=C(N)N)C(=O)Nc4ccc(C[C@H](NC(=O)C5CCCN5S(=O)(=O)c5ccccc5)C(=O)O)cc4)cc3S(=O)(=O)O)c3ccc(=[N+](CC)CC)cc-3oc2c1. The normalized spacial score (nSPS) is 14.6. The number of carbonyl (C=O) groups is 4. The number of fused-ring (bicyclic) bond motifs is 2. The zero-order chi connectivity index (χ0) is 60.9. The van der Waals surface area contributed by atoms with Crippen molar-refractivity contribution in [1.29, 1.82) is 0 Å². The number of nitrogens with two attached hydrogens (primary N) is 2. The monoisotopic (exact) mass is 1210 g/mol. The van der Waals surface area contributed by atoms with Crippen LogP contribution in [0.15, 0.2) is 133 Å². The van der Waals surface area contributed by atoms with E-state index in [2.05, 4.69) is 35.1 Å². The van der Waals surface area contributed by atoms with Crippen molar-refractivity contribution in [2.24, 2.45) is 16.5 Å². The summed E-state index contributed by atoms with van der Waals surface area (Å²) in [4.78, 5) is 57.6. The Morgan fingerprint density at radius 3 is 2.15 bits per heavy atom. The largest absolute Gasteiger partial charge is 0.480 e. The Bertz CT molecular complexity index is 3770. The number of aliphatic imine (C=N–C) groups is 1. The minimum Gasteiger partial charge on any atom is -0.480 e. The van der Waals surface area contributed by atoms with Crippen molar-refractivity contribution in [1.82, 2.24) is 24.2 Å². The van der Waals surface area contributed by atoms with E-state index in [9.17, 15) is 54.1 Å². The van der Waals surface area contributed by atoms with Gasteiger partial charge in [-0.3, -0.25) is 23.9 Å². The highest BCUT2D eigenvalue weighted by Gasteiger charge is 2.40. The predicted molar refractivity (Wildman–Crippen MR) is 321 cm³/mol. The van der Waals surface area contributed by atoms with Gasteiger partial charge in [-0.05, 0) is 120 Å². The molecular formula is C58H73N10O13S3+. The van der Waals surface area contributed by atoms with E-state index in [0.717, 1.165) is 47.6 Å². The molecule has 23 nitrogen and oxygen atoms in total. The number of hydrogen-bond acceptors (Lipinski definition) is 13. The zero-order valence-electron chi connectivity index (χ0n) is 47.3. The van der Waals surface area contributed by atoms with Gasteiger partial charge in [0.05, 0.1) is 15.9 Å². The molecule has 3 aliphatic rings. The molecule has 1 fully saturated rings. The number of carbonyl (C=O) groups excluding carboxylic acids is 3. The van der Waals surface area contributed by atoms with Crippen molar-refractivity contribution in [3.63, 3.8) is 0 Å². The van der Waals surface area contributed by atoms with Crippen molar-refractivity contribution in [3.05, 3.63) is 120 Å². The van der Waals surface area contributed by atoms with Crippen LogP contribution in [0.4, 0.5) is 11.4 Å². The maximum atomic E-state index is 13.7. The van der Waals surface area contributed by atoms with Crippen molar-refractivity contribution in [2.75, 3.05) is 56.0 Å². The molecule has 0 saturated carbocycles. The third-order valence-corrected chi connectivity index (χ3v) is 18.9.